The second-order valence-corrected chi connectivity index (χ2v) is 10.0. The summed E-state index contributed by atoms with van der Waals surface area (Å²) >= 11 is 0. The first-order valence-electron chi connectivity index (χ1n) is 13.4. The Hall–Kier alpha value is -4.99. The van der Waals surface area contributed by atoms with Gasteiger partial charge in [-0.2, -0.15) is 8.78 Å². The first-order chi connectivity index (χ1) is 21.4. The fourth-order valence-corrected chi connectivity index (χ4v) is 4.77. The van der Waals surface area contributed by atoms with E-state index in [0.29, 0.717) is 30.2 Å². The van der Waals surface area contributed by atoms with E-state index < -0.39 is 58.1 Å². The second kappa shape index (κ2) is 12.6. The molecule has 0 amide bonds. The number of halogens is 9. The minimum atomic E-state index is -4.55. The topological polar surface area (TPSA) is 9.23 Å². The molecule has 0 saturated carbocycles. The molecule has 0 aliphatic heterocycles. The third-order valence-corrected chi connectivity index (χ3v) is 7.02. The van der Waals surface area contributed by atoms with Crippen molar-refractivity contribution in [2.45, 2.75) is 19.0 Å². The van der Waals surface area contributed by atoms with Crippen molar-refractivity contribution in [3.63, 3.8) is 0 Å². The zero-order chi connectivity index (χ0) is 32.5. The fourth-order valence-electron chi connectivity index (χ4n) is 4.77. The van der Waals surface area contributed by atoms with Crippen LogP contribution in [-0.2, 0) is 12.5 Å². The monoisotopic (exact) mass is 628 g/mol. The molecule has 0 aliphatic carbocycles. The number of ether oxygens (including phenoxy) is 1. The molecule has 45 heavy (non-hydrogen) atoms. The molecule has 0 heterocycles. The second-order valence-electron chi connectivity index (χ2n) is 10.0. The van der Waals surface area contributed by atoms with Gasteiger partial charge in [-0.15, -0.1) is 6.58 Å². The lowest BCUT2D eigenvalue weighted by Crippen LogP contribution is -2.25. The Balaban J connectivity index is 1.37. The minimum Gasteiger partial charge on any atom is -0.429 e. The highest BCUT2D eigenvalue weighted by Gasteiger charge is 2.41. The van der Waals surface area contributed by atoms with E-state index >= 15 is 8.78 Å². The van der Waals surface area contributed by atoms with Crippen LogP contribution in [0.25, 0.3) is 33.4 Å². The van der Waals surface area contributed by atoms with Crippen molar-refractivity contribution in [3.8, 4) is 39.1 Å². The maximum absolute atomic E-state index is 15.0. The summed E-state index contributed by atoms with van der Waals surface area (Å²) in [6.07, 6.45) is -1.36. The van der Waals surface area contributed by atoms with Gasteiger partial charge in [0.05, 0.1) is 0 Å². The smallest absolute Gasteiger partial charge is 0.429 e. The normalized spacial score (nSPS) is 11.5. The molecule has 5 aromatic carbocycles. The number of allylic oxidation sites excluding steroid dienone is 1. The Labute approximate surface area is 251 Å². The van der Waals surface area contributed by atoms with E-state index in [-0.39, 0.29) is 27.8 Å². The van der Waals surface area contributed by atoms with Gasteiger partial charge < -0.3 is 4.74 Å². The summed E-state index contributed by atoms with van der Waals surface area (Å²) in [6, 6.07) is 14.8. The lowest BCUT2D eigenvalue weighted by Gasteiger charge is -2.20. The highest BCUT2D eigenvalue weighted by molar-refractivity contribution is 5.72. The Morgan fingerprint density at radius 3 is 1.64 bits per heavy atom. The Morgan fingerprint density at radius 1 is 0.556 bits per heavy atom. The molecule has 0 fully saturated rings. The van der Waals surface area contributed by atoms with E-state index in [2.05, 4.69) is 11.3 Å². The zero-order valence-electron chi connectivity index (χ0n) is 23.1. The van der Waals surface area contributed by atoms with E-state index in [9.17, 15) is 30.7 Å². The van der Waals surface area contributed by atoms with E-state index in [1.165, 1.54) is 6.07 Å². The van der Waals surface area contributed by atoms with Crippen LogP contribution in [0.1, 0.15) is 17.5 Å². The summed E-state index contributed by atoms with van der Waals surface area (Å²) < 4.78 is 135. The molecule has 0 unspecified atom stereocenters. The highest BCUT2D eigenvalue weighted by atomic mass is 19.3. The van der Waals surface area contributed by atoms with Crippen LogP contribution >= 0.6 is 0 Å². The summed E-state index contributed by atoms with van der Waals surface area (Å²) in [5, 5.41) is 0. The molecule has 0 atom stereocenters. The third-order valence-electron chi connectivity index (χ3n) is 7.02. The fraction of sp³-hybridized carbons (Fsp3) is 0.0857. The SMILES string of the molecule is C=CCCc1ccc(-c2cc(F)c(C(F)(F)Oc3ccc(-c4ccc(-c5cc(F)c(F)c(F)c5)c(F)c4)c(F)c3)c(F)c2)cc1. The number of alkyl halides is 2. The first kappa shape index (κ1) is 31.4. The van der Waals surface area contributed by atoms with Gasteiger partial charge in [0.2, 0.25) is 0 Å². The van der Waals surface area contributed by atoms with Gasteiger partial charge >= 0.3 is 6.11 Å². The first-order valence-corrected chi connectivity index (χ1v) is 13.4. The maximum atomic E-state index is 15.0. The summed E-state index contributed by atoms with van der Waals surface area (Å²) in [7, 11) is 0. The molecular formula is C35H21F9O. The van der Waals surface area contributed by atoms with Gasteiger partial charge in [0.15, 0.2) is 17.5 Å². The molecule has 5 aromatic rings. The molecule has 230 valence electrons. The Kier molecular flexibility index (Phi) is 8.77. The quantitative estimate of drug-likeness (QED) is 0.0897. The standard InChI is InChI=1S/C35H21F9O/c1-2-3-4-19-5-7-20(8-6-19)22-14-29(38)33(30(39)15-22)35(43,44)45-24-10-12-25(28(37)18-24)21-9-11-26(27(36)13-21)23-16-31(40)34(42)32(41)17-23/h2,5-18H,1,3-4H2. The van der Waals surface area contributed by atoms with E-state index in [1.54, 1.807) is 30.3 Å². The number of hydrogen-bond donors (Lipinski definition) is 0. The molecule has 0 N–H and O–H groups in total. The number of rotatable bonds is 9. The molecule has 1 nitrogen and oxygen atoms in total. The Morgan fingerprint density at radius 2 is 1.07 bits per heavy atom. The van der Waals surface area contributed by atoms with Crippen LogP contribution in [0.5, 0.6) is 5.75 Å². The zero-order valence-corrected chi connectivity index (χ0v) is 23.1. The lowest BCUT2D eigenvalue weighted by atomic mass is 9.99. The third kappa shape index (κ3) is 6.60. The van der Waals surface area contributed by atoms with Crippen molar-refractivity contribution in [1.29, 1.82) is 0 Å². The van der Waals surface area contributed by atoms with E-state index in [1.807, 2.05) is 0 Å². The average Bonchev–Trinajstić information content (AvgIpc) is 2.98. The largest absolute Gasteiger partial charge is 0.432 e. The molecule has 0 spiro atoms. The van der Waals surface area contributed by atoms with E-state index in [0.717, 1.165) is 48.4 Å². The van der Waals surface area contributed by atoms with Crippen molar-refractivity contribution < 1.29 is 44.3 Å². The number of benzene rings is 5. The highest BCUT2D eigenvalue weighted by Crippen LogP contribution is 2.38. The van der Waals surface area contributed by atoms with Gasteiger partial charge in [-0.3, -0.25) is 0 Å². The van der Waals surface area contributed by atoms with Crippen LogP contribution in [-0.4, -0.2) is 0 Å². The molecule has 0 radical (unpaired) electrons. The molecular weight excluding hydrogens is 607 g/mol. The van der Waals surface area contributed by atoms with Crippen LogP contribution < -0.4 is 4.74 Å². The van der Waals surface area contributed by atoms with Crippen LogP contribution in [0.4, 0.5) is 39.5 Å². The summed E-state index contributed by atoms with van der Waals surface area (Å²) in [4.78, 5) is 0. The Bertz CT molecular complexity index is 1850. The van der Waals surface area contributed by atoms with Crippen LogP contribution in [0.15, 0.2) is 97.6 Å². The lowest BCUT2D eigenvalue weighted by molar-refractivity contribution is -0.189. The minimum absolute atomic E-state index is 0.0168. The maximum Gasteiger partial charge on any atom is 0.432 e. The predicted octanol–water partition coefficient (Wildman–Crippen LogP) is 10.9. The van der Waals surface area contributed by atoms with Gasteiger partial charge in [0.25, 0.3) is 0 Å². The molecule has 10 heteroatoms. The summed E-state index contributed by atoms with van der Waals surface area (Å²) in [5.41, 5.74) is -1.30. The van der Waals surface area contributed by atoms with Crippen LogP contribution in [0, 0.1) is 40.7 Å². The molecule has 5 rings (SSSR count). The van der Waals surface area contributed by atoms with Gasteiger partial charge in [-0.25, -0.2) is 30.7 Å². The van der Waals surface area contributed by atoms with Gasteiger partial charge in [0, 0.05) is 17.2 Å². The molecule has 0 aliphatic rings. The van der Waals surface area contributed by atoms with Gasteiger partial charge in [-0.05, 0) is 83.1 Å². The van der Waals surface area contributed by atoms with Crippen molar-refractivity contribution in [2.75, 3.05) is 0 Å². The molecule has 0 aromatic heterocycles. The summed E-state index contributed by atoms with van der Waals surface area (Å²) in [5.74, 6) is -10.9. The molecule has 0 saturated heterocycles. The van der Waals surface area contributed by atoms with Crippen molar-refractivity contribution in [1.82, 2.24) is 0 Å². The van der Waals surface area contributed by atoms with Gasteiger partial charge in [0.1, 0.15) is 34.6 Å². The average molecular weight is 629 g/mol. The van der Waals surface area contributed by atoms with Crippen molar-refractivity contribution in [2.24, 2.45) is 0 Å². The van der Waals surface area contributed by atoms with E-state index in [4.69, 9.17) is 0 Å². The number of aryl methyl sites for hydroxylation is 1. The van der Waals surface area contributed by atoms with Crippen molar-refractivity contribution in [3.05, 3.63) is 149 Å². The van der Waals surface area contributed by atoms with Crippen LogP contribution in [0.2, 0.25) is 0 Å². The predicted molar refractivity (Wildman–Crippen MR) is 152 cm³/mol. The summed E-state index contributed by atoms with van der Waals surface area (Å²) in [6.45, 7) is 3.64. The van der Waals surface area contributed by atoms with Crippen molar-refractivity contribution >= 4 is 0 Å². The van der Waals surface area contributed by atoms with Gasteiger partial charge in [-0.1, -0.05) is 42.5 Å². The molecule has 0 bridgehead atoms. The number of hydrogen-bond acceptors (Lipinski definition) is 1. The van der Waals surface area contributed by atoms with Crippen LogP contribution in [0.3, 0.4) is 0 Å².